The van der Waals surface area contributed by atoms with E-state index in [-0.39, 0.29) is 47.4 Å². The van der Waals surface area contributed by atoms with E-state index in [2.05, 4.69) is 31.0 Å². The molecule has 2 amide bonds. The van der Waals surface area contributed by atoms with Crippen LogP contribution in [0.2, 0.25) is 0 Å². The predicted octanol–water partition coefficient (Wildman–Crippen LogP) is 3.86. The Morgan fingerprint density at radius 1 is 1.17 bits per heavy atom. The second kappa shape index (κ2) is 15.6. The highest BCUT2D eigenvalue weighted by atomic mass is 19.4. The number of halogens is 5. The van der Waals surface area contributed by atoms with E-state index in [1.807, 2.05) is 6.92 Å². The number of carboxylic acid groups (broad SMARTS) is 1. The molecule has 1 aromatic carbocycles. The Balaban J connectivity index is 0.00000167. The van der Waals surface area contributed by atoms with Crippen molar-refractivity contribution in [2.45, 2.75) is 57.8 Å². The number of aryl methyl sites for hydroxylation is 1. The first kappa shape index (κ1) is 35.7. The summed E-state index contributed by atoms with van der Waals surface area (Å²) >= 11 is 0. The number of carbonyl (C=O) groups excluding carboxylic acids is 2. The van der Waals surface area contributed by atoms with Crippen molar-refractivity contribution in [3.05, 3.63) is 59.8 Å². The first-order valence-corrected chi connectivity index (χ1v) is 14.9. The highest BCUT2D eigenvalue weighted by molar-refractivity contribution is 5.96. The van der Waals surface area contributed by atoms with Crippen LogP contribution in [0.5, 0.6) is 0 Å². The zero-order valence-corrected chi connectivity index (χ0v) is 25.7. The van der Waals surface area contributed by atoms with E-state index in [1.54, 1.807) is 18.2 Å². The standard InChI is InChI=1S/C29H32F5N9O2.CH2O2/c1-2-16-12-19(4-5-20(16)28(45)38-7-3-6-37-27(44)17-10-18(35)11-17)40-25-26-39-13-22(43(26)9-8-36-25)21-14-42(15-23(30)31)41-24(21)29(32,33)34;2-1-3/h4-5,8-9,12-14,17-18,23H,2-3,6-7,10-11,15,35H2,1H3,(H,36,40)(H,37,44)(H,38,45);1H,(H,2,3)/t17-,18-;. The summed E-state index contributed by atoms with van der Waals surface area (Å²) in [5, 5.41) is 19.1. The van der Waals surface area contributed by atoms with E-state index in [0.717, 1.165) is 11.8 Å². The number of anilines is 2. The number of hydrogen-bond donors (Lipinski definition) is 5. The predicted molar refractivity (Wildman–Crippen MR) is 164 cm³/mol. The summed E-state index contributed by atoms with van der Waals surface area (Å²) in [4.78, 5) is 41.8. The fourth-order valence-corrected chi connectivity index (χ4v) is 5.20. The maximum atomic E-state index is 13.7. The molecule has 3 heterocycles. The van der Waals surface area contributed by atoms with Crippen molar-refractivity contribution in [3.63, 3.8) is 0 Å². The minimum atomic E-state index is -4.88. The van der Waals surface area contributed by atoms with Gasteiger partial charge < -0.3 is 26.8 Å². The number of aromatic nitrogens is 5. The van der Waals surface area contributed by atoms with Crippen LogP contribution in [-0.4, -0.2) is 73.1 Å². The number of nitrogens with one attached hydrogen (secondary N) is 3. The Morgan fingerprint density at radius 3 is 2.52 bits per heavy atom. The number of nitrogens with two attached hydrogens (primary N) is 1. The molecule has 13 nitrogen and oxygen atoms in total. The molecular formula is C30H34F5N9O4. The lowest BCUT2D eigenvalue weighted by atomic mass is 9.80. The van der Waals surface area contributed by atoms with Gasteiger partial charge >= 0.3 is 6.18 Å². The van der Waals surface area contributed by atoms with Crippen molar-refractivity contribution >= 4 is 35.4 Å². The van der Waals surface area contributed by atoms with E-state index in [0.29, 0.717) is 54.7 Å². The molecule has 258 valence electrons. The quantitative estimate of drug-likeness (QED) is 0.0844. The Labute approximate surface area is 270 Å². The monoisotopic (exact) mass is 679 g/mol. The molecular weight excluding hydrogens is 645 g/mol. The average Bonchev–Trinajstić information content (AvgIpc) is 3.64. The molecule has 1 fully saturated rings. The van der Waals surface area contributed by atoms with Crippen LogP contribution in [-0.2, 0) is 28.7 Å². The topological polar surface area (TPSA) is 182 Å². The summed E-state index contributed by atoms with van der Waals surface area (Å²) in [6.07, 6.45) is -0.386. The van der Waals surface area contributed by atoms with Gasteiger partial charge in [-0.3, -0.25) is 23.5 Å². The Kier molecular flexibility index (Phi) is 11.6. The molecule has 18 heteroatoms. The molecule has 48 heavy (non-hydrogen) atoms. The lowest BCUT2D eigenvalue weighted by Gasteiger charge is -2.31. The minimum Gasteiger partial charge on any atom is -0.483 e. The van der Waals surface area contributed by atoms with Gasteiger partial charge in [-0.25, -0.2) is 18.7 Å². The number of amides is 2. The van der Waals surface area contributed by atoms with Gasteiger partial charge in [0.1, 0.15) is 6.54 Å². The zero-order chi connectivity index (χ0) is 35.0. The second-order valence-corrected chi connectivity index (χ2v) is 10.9. The van der Waals surface area contributed by atoms with Crippen LogP contribution in [0, 0.1) is 5.92 Å². The fourth-order valence-electron chi connectivity index (χ4n) is 5.20. The Morgan fingerprint density at radius 2 is 1.88 bits per heavy atom. The van der Waals surface area contributed by atoms with Gasteiger partial charge in [0.05, 0.1) is 17.5 Å². The van der Waals surface area contributed by atoms with Gasteiger partial charge in [0.15, 0.2) is 17.2 Å². The molecule has 0 aliphatic heterocycles. The molecule has 3 aromatic heterocycles. The van der Waals surface area contributed by atoms with Crippen molar-refractivity contribution in [1.29, 1.82) is 0 Å². The summed E-state index contributed by atoms with van der Waals surface area (Å²) in [6, 6.07) is 5.19. The first-order chi connectivity index (χ1) is 22.9. The molecule has 5 rings (SSSR count). The number of rotatable bonds is 12. The molecule has 4 aromatic rings. The molecule has 0 radical (unpaired) electrons. The maximum Gasteiger partial charge on any atom is 0.435 e. The summed E-state index contributed by atoms with van der Waals surface area (Å²) < 4.78 is 68.9. The third kappa shape index (κ3) is 8.61. The average molecular weight is 680 g/mol. The van der Waals surface area contributed by atoms with Crippen LogP contribution < -0.4 is 21.7 Å². The molecule has 0 atom stereocenters. The summed E-state index contributed by atoms with van der Waals surface area (Å²) in [6.45, 7) is 1.47. The molecule has 0 bridgehead atoms. The van der Waals surface area contributed by atoms with Crippen molar-refractivity contribution in [3.8, 4) is 11.3 Å². The highest BCUT2D eigenvalue weighted by Crippen LogP contribution is 2.37. The van der Waals surface area contributed by atoms with Crippen LogP contribution in [0.4, 0.5) is 33.5 Å². The van der Waals surface area contributed by atoms with Gasteiger partial charge in [-0.1, -0.05) is 6.92 Å². The summed E-state index contributed by atoms with van der Waals surface area (Å²) in [5.74, 6) is -0.0785. The Bertz CT molecular complexity index is 1740. The molecule has 1 aliphatic rings. The third-order valence-corrected chi connectivity index (χ3v) is 7.54. The highest BCUT2D eigenvalue weighted by Gasteiger charge is 2.38. The molecule has 6 N–H and O–H groups in total. The Hall–Kier alpha value is -5.13. The van der Waals surface area contributed by atoms with Gasteiger partial charge in [-0.2, -0.15) is 18.3 Å². The number of alkyl halides is 5. The van der Waals surface area contributed by atoms with Crippen molar-refractivity contribution in [2.24, 2.45) is 11.7 Å². The van der Waals surface area contributed by atoms with Crippen molar-refractivity contribution in [2.75, 3.05) is 18.4 Å². The van der Waals surface area contributed by atoms with E-state index in [1.165, 1.54) is 23.0 Å². The molecule has 0 saturated heterocycles. The smallest absolute Gasteiger partial charge is 0.435 e. The molecule has 0 unspecified atom stereocenters. The normalized spacial score (nSPS) is 15.8. The van der Waals surface area contributed by atoms with Gasteiger partial charge in [0, 0.05) is 54.9 Å². The van der Waals surface area contributed by atoms with E-state index in [4.69, 9.17) is 15.6 Å². The largest absolute Gasteiger partial charge is 0.483 e. The zero-order valence-electron chi connectivity index (χ0n) is 25.7. The lowest BCUT2D eigenvalue weighted by Crippen LogP contribution is -2.45. The number of benzene rings is 1. The number of nitrogens with zero attached hydrogens (tertiary/aromatic N) is 5. The third-order valence-electron chi connectivity index (χ3n) is 7.54. The van der Waals surface area contributed by atoms with Crippen LogP contribution in [0.3, 0.4) is 0 Å². The van der Waals surface area contributed by atoms with Crippen molar-refractivity contribution < 1.29 is 41.4 Å². The van der Waals surface area contributed by atoms with E-state index < -0.39 is 30.4 Å². The summed E-state index contributed by atoms with van der Waals surface area (Å²) in [7, 11) is 0. The van der Waals surface area contributed by atoms with Gasteiger partial charge in [-0.15, -0.1) is 0 Å². The first-order valence-electron chi connectivity index (χ1n) is 14.9. The van der Waals surface area contributed by atoms with Crippen LogP contribution >= 0.6 is 0 Å². The van der Waals surface area contributed by atoms with Gasteiger partial charge in [0.2, 0.25) is 5.91 Å². The number of imidazole rings is 1. The lowest BCUT2D eigenvalue weighted by molar-refractivity contribution is -0.141. The van der Waals surface area contributed by atoms with Crippen LogP contribution in [0.15, 0.2) is 43.0 Å². The second-order valence-electron chi connectivity index (χ2n) is 10.9. The molecule has 1 aliphatic carbocycles. The van der Waals surface area contributed by atoms with Gasteiger partial charge in [0.25, 0.3) is 18.8 Å². The fraction of sp³-hybridized carbons (Fsp3) is 0.400. The van der Waals surface area contributed by atoms with Crippen LogP contribution in [0.25, 0.3) is 16.9 Å². The van der Waals surface area contributed by atoms with Crippen molar-refractivity contribution in [1.82, 2.24) is 34.8 Å². The molecule has 1 saturated carbocycles. The number of hydrogen-bond acceptors (Lipinski definition) is 8. The molecule has 0 spiro atoms. The number of fused-ring (bicyclic) bond motifs is 1. The summed E-state index contributed by atoms with van der Waals surface area (Å²) in [5.41, 5.74) is 5.98. The van der Waals surface area contributed by atoms with E-state index >= 15 is 0 Å². The van der Waals surface area contributed by atoms with Crippen LogP contribution in [0.1, 0.15) is 47.8 Å². The minimum absolute atomic E-state index is 0.00337. The SMILES string of the molecule is CCc1cc(Nc2nccn3c(-c4cn(CC(F)F)nc4C(F)(F)F)cnc23)ccc1C(=O)NCCCNC(=O)[C@H]1C[C@H](N)C1.O=CO. The number of carbonyl (C=O) groups is 3. The van der Waals surface area contributed by atoms with Gasteiger partial charge in [-0.05, 0) is 49.4 Å². The maximum absolute atomic E-state index is 13.7. The van der Waals surface area contributed by atoms with E-state index in [9.17, 15) is 31.5 Å².